The summed E-state index contributed by atoms with van der Waals surface area (Å²) in [6.07, 6.45) is 5.69. The van der Waals surface area contributed by atoms with Gasteiger partial charge in [-0.15, -0.1) is 0 Å². The lowest BCUT2D eigenvalue weighted by Crippen LogP contribution is -2.42. The fraction of sp³-hybridized carbons (Fsp3) is 0.529. The minimum Gasteiger partial charge on any atom is -0.444 e. The van der Waals surface area contributed by atoms with Gasteiger partial charge < -0.3 is 14.6 Å². The third-order valence-electron chi connectivity index (χ3n) is 4.00. The highest BCUT2D eigenvalue weighted by molar-refractivity contribution is 5.80. The van der Waals surface area contributed by atoms with E-state index in [2.05, 4.69) is 16.0 Å². The normalized spacial score (nSPS) is 19.4. The third-order valence-corrected chi connectivity index (χ3v) is 4.00. The first kappa shape index (κ1) is 14.9. The predicted octanol–water partition coefficient (Wildman–Crippen LogP) is 3.68. The van der Waals surface area contributed by atoms with Gasteiger partial charge in [-0.3, -0.25) is 0 Å². The van der Waals surface area contributed by atoms with E-state index in [1.54, 1.807) is 6.20 Å². The summed E-state index contributed by atoms with van der Waals surface area (Å²) in [6.45, 7) is 7.18. The number of aromatic nitrogens is 2. The first-order chi connectivity index (χ1) is 10.4. The van der Waals surface area contributed by atoms with Crippen molar-refractivity contribution in [2.45, 2.75) is 45.1 Å². The first-order valence-electron chi connectivity index (χ1n) is 7.84. The Kier molecular flexibility index (Phi) is 3.81. The van der Waals surface area contributed by atoms with Crippen LogP contribution >= 0.6 is 0 Å². The molecule has 0 spiro atoms. The number of hydrogen-bond acceptors (Lipinski definition) is 3. The fourth-order valence-electron chi connectivity index (χ4n) is 3.04. The Morgan fingerprint density at radius 2 is 2.27 bits per heavy atom. The van der Waals surface area contributed by atoms with Crippen LogP contribution in [0.2, 0.25) is 0 Å². The maximum atomic E-state index is 12.3. The molecule has 0 aliphatic carbocycles. The number of H-pyrrole nitrogens is 1. The summed E-state index contributed by atoms with van der Waals surface area (Å²) in [7, 11) is 0. The van der Waals surface area contributed by atoms with E-state index in [-0.39, 0.29) is 6.09 Å². The molecule has 1 aliphatic rings. The quantitative estimate of drug-likeness (QED) is 0.874. The van der Waals surface area contributed by atoms with E-state index >= 15 is 0 Å². The summed E-state index contributed by atoms with van der Waals surface area (Å²) in [5.74, 6) is 0.333. The smallest absolute Gasteiger partial charge is 0.410 e. The van der Waals surface area contributed by atoms with E-state index in [0.29, 0.717) is 12.5 Å². The van der Waals surface area contributed by atoms with Gasteiger partial charge in [-0.05, 0) is 51.3 Å². The van der Waals surface area contributed by atoms with Crippen molar-refractivity contribution >= 4 is 17.1 Å². The molecule has 1 aliphatic heterocycles. The van der Waals surface area contributed by atoms with Crippen LogP contribution in [-0.2, 0) is 4.74 Å². The highest BCUT2D eigenvalue weighted by atomic mass is 16.6. The van der Waals surface area contributed by atoms with E-state index in [1.165, 1.54) is 5.56 Å². The summed E-state index contributed by atoms with van der Waals surface area (Å²) in [5.41, 5.74) is 1.71. The number of carbonyl (C=O) groups excluding carboxylic acids is 1. The Morgan fingerprint density at radius 3 is 3.05 bits per heavy atom. The Balaban J connectivity index is 1.77. The van der Waals surface area contributed by atoms with Crippen LogP contribution in [0.3, 0.4) is 0 Å². The van der Waals surface area contributed by atoms with Crippen molar-refractivity contribution in [2.75, 3.05) is 13.1 Å². The largest absolute Gasteiger partial charge is 0.444 e. The van der Waals surface area contributed by atoms with Gasteiger partial charge in [0.1, 0.15) is 11.2 Å². The maximum Gasteiger partial charge on any atom is 0.410 e. The van der Waals surface area contributed by atoms with Gasteiger partial charge in [0.25, 0.3) is 0 Å². The van der Waals surface area contributed by atoms with E-state index in [0.717, 1.165) is 30.4 Å². The number of fused-ring (bicyclic) bond motifs is 1. The molecule has 3 heterocycles. The Morgan fingerprint density at radius 1 is 1.45 bits per heavy atom. The van der Waals surface area contributed by atoms with Crippen LogP contribution in [0.1, 0.15) is 45.1 Å². The van der Waals surface area contributed by atoms with E-state index in [9.17, 15) is 4.79 Å². The van der Waals surface area contributed by atoms with Crippen LogP contribution in [0.15, 0.2) is 24.5 Å². The molecule has 0 saturated carbocycles. The molecule has 0 radical (unpaired) electrons. The average Bonchev–Trinajstić information content (AvgIpc) is 2.89. The van der Waals surface area contributed by atoms with Crippen LogP contribution in [0.5, 0.6) is 0 Å². The molecule has 2 aromatic rings. The Hall–Kier alpha value is -2.04. The van der Waals surface area contributed by atoms with Gasteiger partial charge in [0.15, 0.2) is 0 Å². The number of hydrogen-bond donors (Lipinski definition) is 1. The predicted molar refractivity (Wildman–Crippen MR) is 85.9 cm³/mol. The van der Waals surface area contributed by atoms with Gasteiger partial charge >= 0.3 is 6.09 Å². The van der Waals surface area contributed by atoms with Crippen molar-refractivity contribution in [3.8, 4) is 0 Å². The Bertz CT molecular complexity index is 672. The standard InChI is InChI=1S/C17H23N3O2/c1-17(2,3)22-16(21)20-9-5-6-12(11-20)14-10-19-15-13(14)7-4-8-18-15/h4,7-8,10,12H,5-6,9,11H2,1-3H3,(H,18,19)/t12-/m1/s1. The molecule has 1 amide bonds. The summed E-state index contributed by atoms with van der Waals surface area (Å²) < 4.78 is 5.50. The van der Waals surface area contributed by atoms with Crippen molar-refractivity contribution in [2.24, 2.45) is 0 Å². The van der Waals surface area contributed by atoms with Crippen molar-refractivity contribution in [1.29, 1.82) is 0 Å². The molecule has 5 nitrogen and oxygen atoms in total. The SMILES string of the molecule is CC(C)(C)OC(=O)N1CCC[C@@H](c2c[nH]c3ncccc23)C1. The van der Waals surface area contributed by atoms with E-state index in [1.807, 2.05) is 37.9 Å². The zero-order chi connectivity index (χ0) is 15.7. The van der Waals surface area contributed by atoms with Crippen LogP contribution in [0.25, 0.3) is 11.0 Å². The van der Waals surface area contributed by atoms with Crippen LogP contribution in [-0.4, -0.2) is 39.7 Å². The van der Waals surface area contributed by atoms with Crippen molar-refractivity contribution in [3.63, 3.8) is 0 Å². The number of rotatable bonds is 1. The van der Waals surface area contributed by atoms with Crippen molar-refractivity contribution in [3.05, 3.63) is 30.1 Å². The molecule has 0 bridgehead atoms. The molecule has 5 heteroatoms. The first-order valence-corrected chi connectivity index (χ1v) is 7.84. The van der Waals surface area contributed by atoms with Crippen molar-refractivity contribution < 1.29 is 9.53 Å². The lowest BCUT2D eigenvalue weighted by Gasteiger charge is -2.34. The summed E-state index contributed by atoms with van der Waals surface area (Å²) in [6, 6.07) is 4.04. The number of aromatic amines is 1. The molecule has 2 aromatic heterocycles. The van der Waals surface area contributed by atoms with Crippen LogP contribution in [0.4, 0.5) is 4.79 Å². The second-order valence-corrected chi connectivity index (χ2v) is 6.91. The highest BCUT2D eigenvalue weighted by Crippen LogP contribution is 2.32. The summed E-state index contributed by atoms with van der Waals surface area (Å²) in [4.78, 5) is 21.7. The summed E-state index contributed by atoms with van der Waals surface area (Å²) >= 11 is 0. The fourth-order valence-corrected chi connectivity index (χ4v) is 3.04. The topological polar surface area (TPSA) is 58.2 Å². The second-order valence-electron chi connectivity index (χ2n) is 6.91. The van der Waals surface area contributed by atoms with E-state index in [4.69, 9.17) is 4.74 Å². The van der Waals surface area contributed by atoms with Crippen LogP contribution in [0, 0.1) is 0 Å². The van der Waals surface area contributed by atoms with Gasteiger partial charge in [-0.25, -0.2) is 9.78 Å². The molecule has 0 unspecified atom stereocenters. The van der Waals surface area contributed by atoms with E-state index < -0.39 is 5.60 Å². The number of nitrogens with one attached hydrogen (secondary N) is 1. The number of ether oxygens (including phenoxy) is 1. The molecule has 22 heavy (non-hydrogen) atoms. The second kappa shape index (κ2) is 5.63. The molecular formula is C17H23N3O2. The number of pyridine rings is 1. The molecule has 1 N–H and O–H groups in total. The Labute approximate surface area is 130 Å². The van der Waals surface area contributed by atoms with Gasteiger partial charge in [0.05, 0.1) is 0 Å². The monoisotopic (exact) mass is 301 g/mol. The molecule has 1 atom stereocenters. The minimum atomic E-state index is -0.450. The number of piperidine rings is 1. The number of nitrogens with zero attached hydrogens (tertiary/aromatic N) is 2. The average molecular weight is 301 g/mol. The van der Waals surface area contributed by atoms with Gasteiger partial charge in [-0.2, -0.15) is 0 Å². The number of likely N-dealkylation sites (tertiary alicyclic amines) is 1. The highest BCUT2D eigenvalue weighted by Gasteiger charge is 2.29. The molecule has 3 rings (SSSR count). The zero-order valence-electron chi connectivity index (χ0n) is 13.4. The van der Waals surface area contributed by atoms with Crippen LogP contribution < -0.4 is 0 Å². The molecule has 0 aromatic carbocycles. The van der Waals surface area contributed by atoms with Gasteiger partial charge in [0, 0.05) is 36.8 Å². The van der Waals surface area contributed by atoms with Crippen molar-refractivity contribution in [1.82, 2.24) is 14.9 Å². The lowest BCUT2D eigenvalue weighted by atomic mass is 9.91. The molecule has 118 valence electrons. The summed E-state index contributed by atoms with van der Waals surface area (Å²) in [5, 5.41) is 1.15. The minimum absolute atomic E-state index is 0.213. The van der Waals surface area contributed by atoms with Gasteiger partial charge in [-0.1, -0.05) is 0 Å². The number of carbonyl (C=O) groups is 1. The zero-order valence-corrected chi connectivity index (χ0v) is 13.4. The van der Waals surface area contributed by atoms with Gasteiger partial charge in [0.2, 0.25) is 0 Å². The number of amides is 1. The molecular weight excluding hydrogens is 278 g/mol. The third kappa shape index (κ3) is 3.08. The molecule has 1 fully saturated rings. The molecule has 1 saturated heterocycles. The maximum absolute atomic E-state index is 12.3. The lowest BCUT2D eigenvalue weighted by molar-refractivity contribution is 0.0198.